The molecular weight excluding hydrogens is 326 g/mol. The van der Waals surface area contributed by atoms with Gasteiger partial charge in [0.05, 0.1) is 6.54 Å². The summed E-state index contributed by atoms with van der Waals surface area (Å²) in [4.78, 5) is 0. The van der Waals surface area contributed by atoms with Crippen LogP contribution in [0.3, 0.4) is 0 Å². The van der Waals surface area contributed by atoms with E-state index < -0.39 is 0 Å². The molecule has 21 heavy (non-hydrogen) atoms. The molecular formula is C17H24BrN3. The van der Waals surface area contributed by atoms with Crippen LogP contribution in [-0.4, -0.2) is 9.78 Å². The maximum atomic E-state index is 5.87. The van der Waals surface area contributed by atoms with Gasteiger partial charge in [-0.2, -0.15) is 5.10 Å². The van der Waals surface area contributed by atoms with Crippen molar-refractivity contribution < 1.29 is 0 Å². The number of fused-ring (bicyclic) bond motifs is 2. The second-order valence-electron chi connectivity index (χ2n) is 5.68. The fraction of sp³-hybridized carbons (Fsp3) is 0.471. The Bertz CT molecular complexity index is 616. The second kappa shape index (κ2) is 6.65. The van der Waals surface area contributed by atoms with Gasteiger partial charge < -0.3 is 5.73 Å². The highest BCUT2D eigenvalue weighted by atomic mass is 79.9. The smallest absolute Gasteiger partial charge is 0.145 e. The lowest BCUT2D eigenvalue weighted by Crippen LogP contribution is -2.20. The minimum Gasteiger partial charge on any atom is -0.382 e. The Kier molecular flexibility index (Phi) is 5.09. The van der Waals surface area contributed by atoms with Crippen molar-refractivity contribution in [2.75, 3.05) is 5.73 Å². The molecule has 114 valence electrons. The molecule has 0 fully saturated rings. The molecule has 0 saturated carbocycles. The number of hydrogen-bond acceptors (Lipinski definition) is 2. The van der Waals surface area contributed by atoms with Crippen molar-refractivity contribution in [3.05, 3.63) is 45.6 Å². The van der Waals surface area contributed by atoms with Crippen LogP contribution in [0.15, 0.2) is 28.7 Å². The van der Waals surface area contributed by atoms with E-state index in [9.17, 15) is 0 Å². The van der Waals surface area contributed by atoms with Gasteiger partial charge in [0.25, 0.3) is 0 Å². The number of nitrogens with two attached hydrogens (primary N) is 1. The first kappa shape index (κ1) is 16.1. The molecule has 1 unspecified atom stereocenters. The summed E-state index contributed by atoms with van der Waals surface area (Å²) in [7, 11) is 0. The summed E-state index contributed by atoms with van der Waals surface area (Å²) >= 11 is 3.55. The third-order valence-corrected chi connectivity index (χ3v) is 4.19. The lowest BCUT2D eigenvalue weighted by atomic mass is 9.83. The fourth-order valence-corrected chi connectivity index (χ4v) is 3.36. The van der Waals surface area contributed by atoms with E-state index in [1.54, 1.807) is 0 Å². The number of benzene rings is 1. The molecule has 0 aliphatic carbocycles. The minimum absolute atomic E-state index is 0.404. The molecule has 2 N–H and O–H groups in total. The summed E-state index contributed by atoms with van der Waals surface area (Å²) in [6, 6.07) is 8.59. The normalized spacial score (nSPS) is 16.0. The van der Waals surface area contributed by atoms with Crippen LogP contribution in [0, 0.1) is 5.92 Å². The zero-order chi connectivity index (χ0) is 15.6. The average molecular weight is 350 g/mol. The van der Waals surface area contributed by atoms with E-state index >= 15 is 0 Å². The Hall–Kier alpha value is -1.29. The SMILES string of the molecule is CC.CC(C)CC1c2ccc(Br)cc2Cn2nc(N)cc21. The number of halogens is 1. The summed E-state index contributed by atoms with van der Waals surface area (Å²) in [6.45, 7) is 9.34. The van der Waals surface area contributed by atoms with E-state index in [0.29, 0.717) is 17.7 Å². The molecule has 0 amide bonds. The molecule has 3 nitrogen and oxygen atoms in total. The van der Waals surface area contributed by atoms with Crippen molar-refractivity contribution in [3.63, 3.8) is 0 Å². The van der Waals surface area contributed by atoms with Crippen LogP contribution in [0.4, 0.5) is 5.82 Å². The first-order chi connectivity index (χ1) is 10.0. The number of anilines is 1. The van der Waals surface area contributed by atoms with E-state index in [-0.39, 0.29) is 0 Å². The third kappa shape index (κ3) is 3.31. The molecule has 1 aliphatic rings. The van der Waals surface area contributed by atoms with Crippen molar-refractivity contribution in [3.8, 4) is 0 Å². The molecule has 0 spiro atoms. The van der Waals surface area contributed by atoms with Gasteiger partial charge in [0.15, 0.2) is 0 Å². The number of hydrogen-bond donors (Lipinski definition) is 1. The molecule has 2 heterocycles. The first-order valence-electron chi connectivity index (χ1n) is 7.66. The van der Waals surface area contributed by atoms with Gasteiger partial charge in [-0.1, -0.05) is 49.7 Å². The first-order valence-corrected chi connectivity index (χ1v) is 8.45. The van der Waals surface area contributed by atoms with Crippen LogP contribution in [0.2, 0.25) is 0 Å². The average Bonchev–Trinajstić information content (AvgIpc) is 2.80. The van der Waals surface area contributed by atoms with Crippen molar-refractivity contribution in [2.24, 2.45) is 5.92 Å². The molecule has 2 aromatic rings. The minimum atomic E-state index is 0.404. The number of nitrogens with zero attached hydrogens (tertiary/aromatic N) is 2. The predicted molar refractivity (Wildman–Crippen MR) is 92.5 cm³/mol. The lowest BCUT2D eigenvalue weighted by molar-refractivity contribution is 0.487. The van der Waals surface area contributed by atoms with Crippen molar-refractivity contribution in [1.82, 2.24) is 9.78 Å². The second-order valence-corrected chi connectivity index (χ2v) is 6.59. The van der Waals surface area contributed by atoms with Crippen LogP contribution in [0.1, 0.15) is 56.9 Å². The van der Waals surface area contributed by atoms with E-state index in [2.05, 4.69) is 57.8 Å². The Morgan fingerprint density at radius 3 is 2.71 bits per heavy atom. The standard InChI is InChI=1S/C15H18BrN3.C2H6/c1-9(2)5-13-12-4-3-11(16)6-10(12)8-19-14(13)7-15(17)18-19;1-2/h3-4,6-7,9,13H,5,8H2,1-2H3,(H2,17,18);1-2H3. The van der Waals surface area contributed by atoms with Gasteiger partial charge in [-0.3, -0.25) is 4.68 Å². The molecule has 1 aromatic heterocycles. The van der Waals surface area contributed by atoms with Crippen LogP contribution in [0.25, 0.3) is 0 Å². The van der Waals surface area contributed by atoms with E-state index in [0.717, 1.165) is 17.4 Å². The summed E-state index contributed by atoms with van der Waals surface area (Å²) in [5, 5.41) is 4.42. The summed E-state index contributed by atoms with van der Waals surface area (Å²) in [5.74, 6) is 1.67. The molecule has 0 bridgehead atoms. The zero-order valence-corrected chi connectivity index (χ0v) is 14.8. The molecule has 1 aliphatic heterocycles. The van der Waals surface area contributed by atoms with Crippen LogP contribution in [0.5, 0.6) is 0 Å². The van der Waals surface area contributed by atoms with Gasteiger partial charge in [-0.25, -0.2) is 0 Å². The summed E-state index contributed by atoms with van der Waals surface area (Å²) in [6.07, 6.45) is 1.12. The molecule has 1 atom stereocenters. The van der Waals surface area contributed by atoms with Crippen LogP contribution >= 0.6 is 15.9 Å². The number of nitrogen functional groups attached to an aromatic ring is 1. The van der Waals surface area contributed by atoms with E-state index in [4.69, 9.17) is 5.73 Å². The van der Waals surface area contributed by atoms with Gasteiger partial charge in [0.1, 0.15) is 5.82 Å². The maximum absolute atomic E-state index is 5.87. The molecule has 3 rings (SSSR count). The van der Waals surface area contributed by atoms with Crippen molar-refractivity contribution in [1.29, 1.82) is 0 Å². The van der Waals surface area contributed by atoms with E-state index in [1.807, 2.05) is 19.9 Å². The quantitative estimate of drug-likeness (QED) is 0.846. The monoisotopic (exact) mass is 349 g/mol. The van der Waals surface area contributed by atoms with E-state index in [1.165, 1.54) is 16.8 Å². The maximum Gasteiger partial charge on any atom is 0.145 e. The largest absolute Gasteiger partial charge is 0.382 e. The lowest BCUT2D eigenvalue weighted by Gasteiger charge is -2.28. The topological polar surface area (TPSA) is 43.8 Å². The molecule has 1 aromatic carbocycles. The third-order valence-electron chi connectivity index (χ3n) is 3.69. The molecule has 4 heteroatoms. The Morgan fingerprint density at radius 1 is 1.33 bits per heavy atom. The van der Waals surface area contributed by atoms with Gasteiger partial charge >= 0.3 is 0 Å². The van der Waals surface area contributed by atoms with Gasteiger partial charge in [-0.15, -0.1) is 0 Å². The van der Waals surface area contributed by atoms with Gasteiger partial charge in [0, 0.05) is 22.2 Å². The van der Waals surface area contributed by atoms with Crippen LogP contribution in [-0.2, 0) is 6.54 Å². The number of rotatable bonds is 2. The van der Waals surface area contributed by atoms with Crippen LogP contribution < -0.4 is 5.73 Å². The number of aromatic nitrogens is 2. The fourth-order valence-electron chi connectivity index (χ4n) is 2.95. The summed E-state index contributed by atoms with van der Waals surface area (Å²) < 4.78 is 3.18. The predicted octanol–water partition coefficient (Wildman–Crippen LogP) is 4.79. The van der Waals surface area contributed by atoms with Crippen molar-refractivity contribution >= 4 is 21.7 Å². The highest BCUT2D eigenvalue weighted by Crippen LogP contribution is 2.38. The van der Waals surface area contributed by atoms with Gasteiger partial charge in [0.2, 0.25) is 0 Å². The highest BCUT2D eigenvalue weighted by Gasteiger charge is 2.27. The molecule has 0 saturated heterocycles. The Balaban J connectivity index is 0.000000774. The molecule has 0 radical (unpaired) electrons. The van der Waals surface area contributed by atoms with Gasteiger partial charge in [-0.05, 0) is 35.6 Å². The Morgan fingerprint density at radius 2 is 2.05 bits per heavy atom. The van der Waals surface area contributed by atoms with Crippen molar-refractivity contribution in [2.45, 2.75) is 46.6 Å². The summed E-state index contributed by atoms with van der Waals surface area (Å²) in [5.41, 5.74) is 9.89. The zero-order valence-electron chi connectivity index (χ0n) is 13.2. The highest BCUT2D eigenvalue weighted by molar-refractivity contribution is 9.10. The Labute approximate surface area is 135 Å².